The van der Waals surface area contributed by atoms with Crippen LogP contribution in [0.2, 0.25) is 0 Å². The van der Waals surface area contributed by atoms with Crippen LogP contribution in [0.1, 0.15) is 28.4 Å². The Kier molecular flexibility index (Phi) is 6.35. The molecule has 2 aromatic rings. The molecule has 144 valence electrons. The van der Waals surface area contributed by atoms with Gasteiger partial charge in [0.05, 0.1) is 46.0 Å². The van der Waals surface area contributed by atoms with Crippen LogP contribution in [0, 0.1) is 0 Å². The second-order valence-corrected chi connectivity index (χ2v) is 6.93. The first-order valence-corrected chi connectivity index (χ1v) is 9.58. The minimum Gasteiger partial charge on any atom is -0.493 e. The monoisotopic (exact) mass is 369 g/mol. The van der Waals surface area contributed by atoms with Gasteiger partial charge in [-0.05, 0) is 24.1 Å². The largest absolute Gasteiger partial charge is 0.493 e. The van der Waals surface area contributed by atoms with Crippen molar-refractivity contribution in [3.05, 3.63) is 59.2 Å². The van der Waals surface area contributed by atoms with Gasteiger partial charge >= 0.3 is 0 Å². The molecule has 1 heterocycles. The number of amides is 1. The first-order chi connectivity index (χ1) is 13.2. The molecule has 1 saturated heterocycles. The highest BCUT2D eigenvalue weighted by Crippen LogP contribution is 2.31. The van der Waals surface area contributed by atoms with Crippen molar-refractivity contribution >= 4 is 5.91 Å². The SMILES string of the molecule is CCc1ccc(C[NH+]2CCN(C(=O)c3cccc(OC)c3OC)CC2)cc1. The van der Waals surface area contributed by atoms with Crippen molar-refractivity contribution in [2.24, 2.45) is 0 Å². The quantitative estimate of drug-likeness (QED) is 0.845. The Bertz CT molecular complexity index is 766. The van der Waals surface area contributed by atoms with Gasteiger partial charge in [-0.25, -0.2) is 0 Å². The molecular formula is C22H29N2O3+. The molecule has 3 rings (SSSR count). The zero-order valence-corrected chi connectivity index (χ0v) is 16.5. The van der Waals surface area contributed by atoms with E-state index >= 15 is 0 Å². The second kappa shape index (κ2) is 8.91. The van der Waals surface area contributed by atoms with E-state index in [0.29, 0.717) is 17.1 Å². The van der Waals surface area contributed by atoms with Crippen molar-refractivity contribution < 1.29 is 19.2 Å². The normalized spacial score (nSPS) is 14.9. The molecule has 0 aliphatic carbocycles. The van der Waals surface area contributed by atoms with Crippen LogP contribution in [0.4, 0.5) is 0 Å². The number of piperazine rings is 1. The minimum atomic E-state index is 0.0112. The number of methoxy groups -OCH3 is 2. The van der Waals surface area contributed by atoms with Gasteiger partial charge in [0.25, 0.3) is 5.91 Å². The van der Waals surface area contributed by atoms with E-state index in [9.17, 15) is 4.79 Å². The number of ether oxygens (including phenoxy) is 2. The van der Waals surface area contributed by atoms with E-state index in [2.05, 4.69) is 31.2 Å². The summed E-state index contributed by atoms with van der Waals surface area (Å²) < 4.78 is 10.7. The highest BCUT2D eigenvalue weighted by molar-refractivity contribution is 5.97. The predicted octanol–water partition coefficient (Wildman–Crippen LogP) is 1.81. The van der Waals surface area contributed by atoms with E-state index in [1.54, 1.807) is 20.3 Å². The molecule has 1 amide bonds. The van der Waals surface area contributed by atoms with E-state index in [4.69, 9.17) is 9.47 Å². The van der Waals surface area contributed by atoms with Gasteiger partial charge in [0.15, 0.2) is 11.5 Å². The number of para-hydroxylation sites is 1. The lowest BCUT2D eigenvalue weighted by atomic mass is 10.1. The molecule has 0 radical (unpaired) electrons. The molecule has 0 spiro atoms. The van der Waals surface area contributed by atoms with Gasteiger partial charge in [-0.2, -0.15) is 0 Å². The van der Waals surface area contributed by atoms with Gasteiger partial charge in [-0.1, -0.05) is 37.3 Å². The van der Waals surface area contributed by atoms with Crippen LogP contribution in [-0.4, -0.2) is 51.2 Å². The van der Waals surface area contributed by atoms with Crippen LogP contribution < -0.4 is 14.4 Å². The van der Waals surface area contributed by atoms with Gasteiger partial charge in [0, 0.05) is 5.56 Å². The molecule has 1 fully saturated rings. The molecule has 5 heteroatoms. The molecule has 0 unspecified atom stereocenters. The van der Waals surface area contributed by atoms with Crippen LogP contribution in [0.3, 0.4) is 0 Å². The fraction of sp³-hybridized carbons (Fsp3) is 0.409. The number of quaternary nitrogens is 1. The molecule has 0 bridgehead atoms. The third-order valence-corrected chi connectivity index (χ3v) is 5.28. The average molecular weight is 369 g/mol. The summed E-state index contributed by atoms with van der Waals surface area (Å²) in [6.45, 7) is 6.59. The van der Waals surface area contributed by atoms with Crippen LogP contribution in [0.15, 0.2) is 42.5 Å². The lowest BCUT2D eigenvalue weighted by Crippen LogP contribution is -3.13. The van der Waals surface area contributed by atoms with E-state index in [0.717, 1.165) is 39.1 Å². The Balaban J connectivity index is 1.61. The zero-order chi connectivity index (χ0) is 19.2. The lowest BCUT2D eigenvalue weighted by Gasteiger charge is -2.32. The van der Waals surface area contributed by atoms with Crippen molar-refractivity contribution in [1.82, 2.24) is 4.90 Å². The molecule has 5 nitrogen and oxygen atoms in total. The third-order valence-electron chi connectivity index (χ3n) is 5.28. The number of nitrogens with one attached hydrogen (secondary N) is 1. The summed E-state index contributed by atoms with van der Waals surface area (Å²) in [4.78, 5) is 16.4. The Hall–Kier alpha value is -2.53. The van der Waals surface area contributed by atoms with Crippen LogP contribution in [-0.2, 0) is 13.0 Å². The molecule has 0 aromatic heterocycles. The number of carbonyl (C=O) groups is 1. The van der Waals surface area contributed by atoms with E-state index in [1.165, 1.54) is 16.0 Å². The Morgan fingerprint density at radius 2 is 1.67 bits per heavy atom. The zero-order valence-electron chi connectivity index (χ0n) is 16.5. The minimum absolute atomic E-state index is 0.0112. The number of hydrogen-bond donors (Lipinski definition) is 1. The first kappa shape index (κ1) is 19.2. The highest BCUT2D eigenvalue weighted by Gasteiger charge is 2.27. The number of aryl methyl sites for hydroxylation is 1. The van der Waals surface area contributed by atoms with Crippen molar-refractivity contribution in [3.8, 4) is 11.5 Å². The van der Waals surface area contributed by atoms with E-state index < -0.39 is 0 Å². The van der Waals surface area contributed by atoms with Crippen molar-refractivity contribution in [2.75, 3.05) is 40.4 Å². The summed E-state index contributed by atoms with van der Waals surface area (Å²) in [5, 5.41) is 0. The Morgan fingerprint density at radius 3 is 2.26 bits per heavy atom. The summed E-state index contributed by atoms with van der Waals surface area (Å²) in [6, 6.07) is 14.3. The summed E-state index contributed by atoms with van der Waals surface area (Å²) in [5.41, 5.74) is 3.29. The standard InChI is InChI=1S/C22H28N2O3/c1-4-17-8-10-18(11-9-17)16-23-12-14-24(15-13-23)22(25)19-6-5-7-20(26-2)21(19)27-3/h5-11H,4,12-16H2,1-3H3/p+1. The summed E-state index contributed by atoms with van der Waals surface area (Å²) in [7, 11) is 3.15. The summed E-state index contributed by atoms with van der Waals surface area (Å²) in [6.07, 6.45) is 1.07. The molecule has 0 atom stereocenters. The maximum atomic E-state index is 13.0. The number of rotatable bonds is 6. The molecule has 2 aromatic carbocycles. The maximum Gasteiger partial charge on any atom is 0.258 e. The van der Waals surface area contributed by atoms with Gasteiger partial charge < -0.3 is 19.3 Å². The van der Waals surface area contributed by atoms with Crippen molar-refractivity contribution in [2.45, 2.75) is 19.9 Å². The van der Waals surface area contributed by atoms with E-state index in [1.807, 2.05) is 17.0 Å². The number of carbonyl (C=O) groups excluding carboxylic acids is 1. The molecule has 0 saturated carbocycles. The van der Waals surface area contributed by atoms with Crippen LogP contribution in [0.5, 0.6) is 11.5 Å². The van der Waals surface area contributed by atoms with Crippen LogP contribution in [0.25, 0.3) is 0 Å². The fourth-order valence-corrected chi connectivity index (χ4v) is 3.61. The predicted molar refractivity (Wildman–Crippen MR) is 106 cm³/mol. The lowest BCUT2D eigenvalue weighted by molar-refractivity contribution is -0.917. The maximum absolute atomic E-state index is 13.0. The smallest absolute Gasteiger partial charge is 0.258 e. The third kappa shape index (κ3) is 4.42. The summed E-state index contributed by atoms with van der Waals surface area (Å²) >= 11 is 0. The number of hydrogen-bond acceptors (Lipinski definition) is 3. The topological polar surface area (TPSA) is 43.2 Å². The molecule has 27 heavy (non-hydrogen) atoms. The molecule has 1 aliphatic heterocycles. The first-order valence-electron chi connectivity index (χ1n) is 9.58. The van der Waals surface area contributed by atoms with Gasteiger partial charge in [-0.3, -0.25) is 4.79 Å². The van der Waals surface area contributed by atoms with E-state index in [-0.39, 0.29) is 5.91 Å². The van der Waals surface area contributed by atoms with Gasteiger partial charge in [0.2, 0.25) is 0 Å². The molecule has 1 N–H and O–H groups in total. The van der Waals surface area contributed by atoms with Crippen molar-refractivity contribution in [3.63, 3.8) is 0 Å². The Morgan fingerprint density at radius 1 is 1.00 bits per heavy atom. The van der Waals surface area contributed by atoms with Crippen molar-refractivity contribution in [1.29, 1.82) is 0 Å². The molecule has 1 aliphatic rings. The summed E-state index contributed by atoms with van der Waals surface area (Å²) in [5.74, 6) is 1.11. The Labute approximate surface area is 161 Å². The number of nitrogens with zero attached hydrogens (tertiary/aromatic N) is 1. The highest BCUT2D eigenvalue weighted by atomic mass is 16.5. The molecular weight excluding hydrogens is 340 g/mol. The van der Waals surface area contributed by atoms with Gasteiger partial charge in [0.1, 0.15) is 6.54 Å². The number of benzene rings is 2. The van der Waals surface area contributed by atoms with Gasteiger partial charge in [-0.15, -0.1) is 0 Å². The fourth-order valence-electron chi connectivity index (χ4n) is 3.61. The average Bonchev–Trinajstić information content (AvgIpc) is 2.73. The second-order valence-electron chi connectivity index (χ2n) is 6.93. The van der Waals surface area contributed by atoms with Crippen LogP contribution >= 0.6 is 0 Å².